The van der Waals surface area contributed by atoms with E-state index in [4.69, 9.17) is 21.1 Å². The van der Waals surface area contributed by atoms with Crippen LogP contribution in [0.25, 0.3) is 0 Å². The molecule has 0 unspecified atom stereocenters. The highest BCUT2D eigenvalue weighted by Gasteiger charge is 2.13. The molecule has 2 aromatic carbocycles. The van der Waals surface area contributed by atoms with Gasteiger partial charge in [0.25, 0.3) is 5.91 Å². The van der Waals surface area contributed by atoms with Crippen LogP contribution in [0.1, 0.15) is 29.8 Å². The van der Waals surface area contributed by atoms with Gasteiger partial charge < -0.3 is 20.1 Å². The molecule has 0 spiro atoms. The Bertz CT molecular complexity index is 824. The molecule has 2 rings (SSSR count). The summed E-state index contributed by atoms with van der Waals surface area (Å²) in [4.78, 5) is 24.4. The first-order chi connectivity index (χ1) is 12.9. The van der Waals surface area contributed by atoms with Crippen LogP contribution in [0.3, 0.4) is 0 Å². The highest BCUT2D eigenvalue weighted by atomic mass is 35.5. The second kappa shape index (κ2) is 9.83. The number of anilines is 1. The average molecular weight is 391 g/mol. The van der Waals surface area contributed by atoms with Crippen LogP contribution in [-0.4, -0.2) is 31.6 Å². The third-order valence-electron chi connectivity index (χ3n) is 3.61. The van der Waals surface area contributed by atoms with Gasteiger partial charge in [-0.05, 0) is 56.7 Å². The van der Waals surface area contributed by atoms with Gasteiger partial charge >= 0.3 is 0 Å². The summed E-state index contributed by atoms with van der Waals surface area (Å²) in [5, 5.41) is 5.70. The smallest absolute Gasteiger partial charge is 0.251 e. The number of rotatable bonds is 8. The summed E-state index contributed by atoms with van der Waals surface area (Å²) in [6, 6.07) is 10.2. The maximum Gasteiger partial charge on any atom is 0.251 e. The van der Waals surface area contributed by atoms with Gasteiger partial charge in [0.2, 0.25) is 5.91 Å². The van der Waals surface area contributed by atoms with E-state index in [9.17, 15) is 9.59 Å². The van der Waals surface area contributed by atoms with Crippen molar-refractivity contribution >= 4 is 29.1 Å². The Balaban J connectivity index is 1.98. The second-order valence-corrected chi connectivity index (χ2v) is 6.15. The van der Waals surface area contributed by atoms with Crippen molar-refractivity contribution in [2.24, 2.45) is 0 Å². The Hall–Kier alpha value is -2.73. The number of benzene rings is 2. The molecule has 0 aliphatic rings. The van der Waals surface area contributed by atoms with Gasteiger partial charge in [-0.25, -0.2) is 0 Å². The molecule has 0 radical (unpaired) electrons. The fourth-order valence-electron chi connectivity index (χ4n) is 2.37. The molecule has 7 heteroatoms. The Morgan fingerprint density at radius 2 is 1.70 bits per heavy atom. The molecule has 0 aliphatic heterocycles. The lowest BCUT2D eigenvalue weighted by molar-refractivity contribution is -0.115. The number of hydrogen-bond acceptors (Lipinski definition) is 4. The minimum absolute atomic E-state index is 0.180. The van der Waals surface area contributed by atoms with Crippen molar-refractivity contribution in [1.29, 1.82) is 0 Å². The summed E-state index contributed by atoms with van der Waals surface area (Å²) in [5.74, 6) is 0.305. The first kappa shape index (κ1) is 20.6. The number of carbonyl (C=O) groups is 2. The molecule has 27 heavy (non-hydrogen) atoms. The van der Waals surface area contributed by atoms with Gasteiger partial charge in [0.15, 0.2) is 11.5 Å². The molecule has 0 atom stereocenters. The van der Waals surface area contributed by atoms with Crippen molar-refractivity contribution in [3.63, 3.8) is 0 Å². The van der Waals surface area contributed by atoms with Crippen molar-refractivity contribution in [2.45, 2.75) is 20.8 Å². The predicted molar refractivity (Wildman–Crippen MR) is 106 cm³/mol. The molecular weight excluding hydrogens is 368 g/mol. The molecule has 0 saturated carbocycles. The molecule has 144 valence electrons. The molecule has 2 aromatic rings. The average Bonchev–Trinajstić information content (AvgIpc) is 2.64. The van der Waals surface area contributed by atoms with Gasteiger partial charge in [-0.15, -0.1) is 0 Å². The van der Waals surface area contributed by atoms with Gasteiger partial charge in [-0.2, -0.15) is 0 Å². The van der Waals surface area contributed by atoms with Gasteiger partial charge in [0.05, 0.1) is 30.5 Å². The minimum atomic E-state index is -0.385. The molecule has 0 heterocycles. The van der Waals surface area contributed by atoms with Crippen LogP contribution >= 0.6 is 11.6 Å². The molecule has 6 nitrogen and oxygen atoms in total. The van der Waals surface area contributed by atoms with Crippen molar-refractivity contribution in [2.75, 3.05) is 25.1 Å². The van der Waals surface area contributed by atoms with E-state index in [1.54, 1.807) is 30.3 Å². The summed E-state index contributed by atoms with van der Waals surface area (Å²) < 4.78 is 11.0. The van der Waals surface area contributed by atoms with Crippen LogP contribution < -0.4 is 20.1 Å². The van der Waals surface area contributed by atoms with Crippen molar-refractivity contribution in [3.8, 4) is 11.5 Å². The Labute approximate surface area is 163 Å². The highest BCUT2D eigenvalue weighted by molar-refractivity contribution is 6.33. The van der Waals surface area contributed by atoms with E-state index in [1.807, 2.05) is 26.8 Å². The van der Waals surface area contributed by atoms with E-state index in [1.165, 1.54) is 0 Å². The van der Waals surface area contributed by atoms with E-state index < -0.39 is 0 Å². The molecular formula is C20H23ClN2O4. The van der Waals surface area contributed by atoms with Gasteiger partial charge in [0, 0.05) is 5.56 Å². The highest BCUT2D eigenvalue weighted by Crippen LogP contribution is 2.28. The summed E-state index contributed by atoms with van der Waals surface area (Å²) in [5.41, 5.74) is 1.87. The lowest BCUT2D eigenvalue weighted by Gasteiger charge is -2.13. The van der Waals surface area contributed by atoms with Crippen molar-refractivity contribution in [1.82, 2.24) is 5.32 Å². The largest absolute Gasteiger partial charge is 0.490 e. The lowest BCUT2D eigenvalue weighted by Crippen LogP contribution is -2.32. The first-order valence-corrected chi connectivity index (χ1v) is 9.06. The van der Waals surface area contributed by atoms with E-state index in [0.717, 1.165) is 5.56 Å². The zero-order valence-electron chi connectivity index (χ0n) is 15.6. The maximum absolute atomic E-state index is 12.3. The number of ether oxygens (including phenoxy) is 2. The van der Waals surface area contributed by atoms with Gasteiger partial charge in [-0.3, -0.25) is 9.59 Å². The zero-order chi connectivity index (χ0) is 19.8. The van der Waals surface area contributed by atoms with Gasteiger partial charge in [-0.1, -0.05) is 17.7 Å². The van der Waals surface area contributed by atoms with E-state index in [2.05, 4.69) is 10.6 Å². The fraction of sp³-hybridized carbons (Fsp3) is 0.300. The molecule has 0 saturated heterocycles. The number of carbonyl (C=O) groups excluding carboxylic acids is 2. The molecule has 2 N–H and O–H groups in total. The van der Waals surface area contributed by atoms with Crippen LogP contribution in [-0.2, 0) is 4.79 Å². The lowest BCUT2D eigenvalue weighted by atomic mass is 10.2. The standard InChI is InChI=1S/C20H23ClN2O4/c1-4-26-17-9-7-14(11-18(17)27-5-2)20(25)22-12-19(24)23-16-8-6-13(3)10-15(16)21/h6-11H,4-5,12H2,1-3H3,(H,22,25)(H,23,24). The van der Waals surface area contributed by atoms with E-state index in [-0.39, 0.29) is 18.4 Å². The fourth-order valence-corrected chi connectivity index (χ4v) is 2.65. The monoisotopic (exact) mass is 390 g/mol. The number of nitrogens with one attached hydrogen (secondary N) is 2. The number of amides is 2. The van der Waals surface area contributed by atoms with Crippen molar-refractivity contribution < 1.29 is 19.1 Å². The Morgan fingerprint density at radius 1 is 1.00 bits per heavy atom. The molecule has 2 amide bonds. The third-order valence-corrected chi connectivity index (χ3v) is 3.93. The molecule has 0 aromatic heterocycles. The summed E-state index contributed by atoms with van der Waals surface area (Å²) >= 11 is 6.09. The van der Waals surface area contributed by atoms with Gasteiger partial charge in [0.1, 0.15) is 0 Å². The minimum Gasteiger partial charge on any atom is -0.490 e. The SMILES string of the molecule is CCOc1ccc(C(=O)NCC(=O)Nc2ccc(C)cc2Cl)cc1OCC. The second-order valence-electron chi connectivity index (χ2n) is 5.74. The van der Waals surface area contributed by atoms with Crippen LogP contribution in [0, 0.1) is 6.92 Å². The topological polar surface area (TPSA) is 76.7 Å². The third kappa shape index (κ3) is 5.89. The first-order valence-electron chi connectivity index (χ1n) is 8.68. The number of hydrogen-bond donors (Lipinski definition) is 2. The predicted octanol–water partition coefficient (Wildman–Crippen LogP) is 3.81. The van der Waals surface area contributed by atoms with E-state index in [0.29, 0.717) is 41.0 Å². The van der Waals surface area contributed by atoms with Crippen LogP contribution in [0.5, 0.6) is 11.5 Å². The quantitative estimate of drug-likeness (QED) is 0.718. The Morgan fingerprint density at radius 3 is 2.37 bits per heavy atom. The van der Waals surface area contributed by atoms with Crippen LogP contribution in [0.15, 0.2) is 36.4 Å². The molecule has 0 fully saturated rings. The molecule has 0 bridgehead atoms. The Kier molecular flexibility index (Phi) is 7.49. The zero-order valence-corrected chi connectivity index (χ0v) is 16.4. The van der Waals surface area contributed by atoms with Crippen LogP contribution in [0.2, 0.25) is 5.02 Å². The summed E-state index contributed by atoms with van der Waals surface area (Å²) in [6.45, 7) is 6.39. The number of halogens is 1. The van der Waals surface area contributed by atoms with Crippen molar-refractivity contribution in [3.05, 3.63) is 52.5 Å². The maximum atomic E-state index is 12.3. The molecule has 0 aliphatic carbocycles. The normalized spacial score (nSPS) is 10.2. The number of aryl methyl sites for hydroxylation is 1. The summed E-state index contributed by atoms with van der Waals surface area (Å²) in [7, 11) is 0. The van der Waals surface area contributed by atoms with Crippen LogP contribution in [0.4, 0.5) is 5.69 Å². The van der Waals surface area contributed by atoms with E-state index >= 15 is 0 Å². The summed E-state index contributed by atoms with van der Waals surface area (Å²) in [6.07, 6.45) is 0.